The molecule has 2 aromatic rings. The molecule has 0 aliphatic carbocycles. The van der Waals surface area contributed by atoms with Gasteiger partial charge in [-0.15, -0.1) is 34.7 Å². The van der Waals surface area contributed by atoms with Crippen molar-refractivity contribution in [1.29, 1.82) is 0 Å². The fraction of sp³-hybridized carbons (Fsp3) is 0.231. The number of hydrogen-bond donors (Lipinski definition) is 0. The molecule has 0 aliphatic rings. The van der Waals surface area contributed by atoms with Gasteiger partial charge in [0.2, 0.25) is 0 Å². The highest BCUT2D eigenvalue weighted by Crippen LogP contribution is 2.40. The van der Waals surface area contributed by atoms with Crippen LogP contribution in [-0.4, -0.2) is 6.26 Å². The van der Waals surface area contributed by atoms with E-state index in [4.69, 9.17) is 11.6 Å². The lowest BCUT2D eigenvalue weighted by Gasteiger charge is -2.13. The fourth-order valence-corrected chi connectivity index (χ4v) is 4.68. The molecule has 0 bridgehead atoms. The van der Waals surface area contributed by atoms with E-state index in [1.165, 1.54) is 20.9 Å². The summed E-state index contributed by atoms with van der Waals surface area (Å²) in [5, 5.41) is -0.0683. The molecule has 17 heavy (non-hydrogen) atoms. The van der Waals surface area contributed by atoms with Crippen LogP contribution < -0.4 is 0 Å². The summed E-state index contributed by atoms with van der Waals surface area (Å²) in [6.07, 6.45) is 2.08. The molecule has 0 fully saturated rings. The van der Waals surface area contributed by atoms with Crippen molar-refractivity contribution >= 4 is 50.6 Å². The molecule has 0 N–H and O–H groups in total. The molecule has 1 aromatic carbocycles. The van der Waals surface area contributed by atoms with E-state index >= 15 is 0 Å². The molecule has 2 rings (SSSR count). The van der Waals surface area contributed by atoms with Crippen molar-refractivity contribution in [3.8, 4) is 0 Å². The molecule has 90 valence electrons. The highest BCUT2D eigenvalue weighted by Gasteiger charge is 2.18. The van der Waals surface area contributed by atoms with Crippen molar-refractivity contribution in [2.45, 2.75) is 17.2 Å². The van der Waals surface area contributed by atoms with Crippen molar-refractivity contribution < 1.29 is 0 Å². The lowest BCUT2D eigenvalue weighted by molar-refractivity contribution is 1.08. The van der Waals surface area contributed by atoms with Gasteiger partial charge in [0.25, 0.3) is 0 Å². The Morgan fingerprint density at radius 2 is 2.00 bits per heavy atom. The zero-order valence-electron chi connectivity index (χ0n) is 9.54. The molecule has 0 nitrogen and oxygen atoms in total. The zero-order chi connectivity index (χ0) is 12.4. The normalized spacial score (nSPS) is 12.7. The topological polar surface area (TPSA) is 0 Å². The van der Waals surface area contributed by atoms with Crippen molar-refractivity contribution in [3.63, 3.8) is 0 Å². The number of hydrogen-bond acceptors (Lipinski definition) is 2. The van der Waals surface area contributed by atoms with Gasteiger partial charge in [-0.25, -0.2) is 0 Å². The second kappa shape index (κ2) is 5.79. The summed E-state index contributed by atoms with van der Waals surface area (Å²) in [5.74, 6) is 0. The van der Waals surface area contributed by atoms with Crippen molar-refractivity contribution in [3.05, 3.63) is 50.1 Å². The summed E-state index contributed by atoms with van der Waals surface area (Å²) < 4.78 is 1.14. The highest BCUT2D eigenvalue weighted by atomic mass is 79.9. The van der Waals surface area contributed by atoms with E-state index in [1.54, 1.807) is 23.1 Å². The van der Waals surface area contributed by atoms with Gasteiger partial charge in [-0.2, -0.15) is 0 Å². The third-order valence-corrected chi connectivity index (χ3v) is 5.46. The maximum absolute atomic E-state index is 6.61. The molecule has 0 spiro atoms. The van der Waals surface area contributed by atoms with Crippen molar-refractivity contribution in [2.75, 3.05) is 6.26 Å². The molecule has 0 saturated carbocycles. The van der Waals surface area contributed by atoms with Crippen LogP contribution in [0.25, 0.3) is 0 Å². The predicted octanol–water partition coefficient (Wildman–Crippen LogP) is 5.87. The molecular weight excluding hydrogens is 336 g/mol. The summed E-state index contributed by atoms with van der Waals surface area (Å²) in [7, 11) is 0. The smallest absolute Gasteiger partial charge is 0.0857 e. The van der Waals surface area contributed by atoms with Gasteiger partial charge < -0.3 is 0 Å². The van der Waals surface area contributed by atoms with E-state index in [0.29, 0.717) is 0 Å². The minimum Gasteiger partial charge on any atom is -0.133 e. The molecule has 0 saturated heterocycles. The van der Waals surface area contributed by atoms with Crippen LogP contribution >= 0.6 is 50.6 Å². The minimum absolute atomic E-state index is 0.0683. The summed E-state index contributed by atoms with van der Waals surface area (Å²) in [6, 6.07) is 10.4. The van der Waals surface area contributed by atoms with E-state index in [2.05, 4.69) is 53.4 Å². The van der Waals surface area contributed by atoms with Crippen LogP contribution in [0.3, 0.4) is 0 Å². The van der Waals surface area contributed by atoms with Crippen molar-refractivity contribution in [1.82, 2.24) is 0 Å². The molecule has 0 aliphatic heterocycles. The van der Waals surface area contributed by atoms with Crippen LogP contribution in [-0.2, 0) is 0 Å². The zero-order valence-corrected chi connectivity index (χ0v) is 13.5. The Kier molecular flexibility index (Phi) is 4.59. The number of benzene rings is 1. The van der Waals surface area contributed by atoms with Crippen LogP contribution in [0.15, 0.2) is 39.0 Å². The number of rotatable bonds is 3. The van der Waals surface area contributed by atoms with Crippen LogP contribution in [0.1, 0.15) is 21.4 Å². The van der Waals surface area contributed by atoms with Crippen LogP contribution in [0, 0.1) is 6.92 Å². The van der Waals surface area contributed by atoms with Gasteiger partial charge in [-0.3, -0.25) is 0 Å². The van der Waals surface area contributed by atoms with E-state index in [1.807, 2.05) is 6.07 Å². The minimum atomic E-state index is -0.0683. The Hall–Kier alpha value is 0.0400. The first-order chi connectivity index (χ1) is 8.13. The van der Waals surface area contributed by atoms with Gasteiger partial charge in [0.05, 0.1) is 9.16 Å². The molecule has 0 amide bonds. The lowest BCUT2D eigenvalue weighted by atomic mass is 10.1. The van der Waals surface area contributed by atoms with E-state index < -0.39 is 0 Å². The van der Waals surface area contributed by atoms with E-state index in [9.17, 15) is 0 Å². The second-order valence-corrected chi connectivity index (χ2v) is 7.59. The van der Waals surface area contributed by atoms with Gasteiger partial charge in [0.15, 0.2) is 0 Å². The average Bonchev–Trinajstić information content (AvgIpc) is 2.67. The molecule has 1 atom stereocenters. The summed E-state index contributed by atoms with van der Waals surface area (Å²) in [5.41, 5.74) is 2.39. The summed E-state index contributed by atoms with van der Waals surface area (Å²) >= 11 is 13.6. The molecule has 4 heteroatoms. The predicted molar refractivity (Wildman–Crippen MR) is 82.7 cm³/mol. The van der Waals surface area contributed by atoms with Crippen molar-refractivity contribution in [2.24, 2.45) is 0 Å². The summed E-state index contributed by atoms with van der Waals surface area (Å²) in [4.78, 5) is 2.52. The van der Waals surface area contributed by atoms with Gasteiger partial charge >= 0.3 is 0 Å². The Balaban J connectivity index is 2.43. The third-order valence-electron chi connectivity index (χ3n) is 2.61. The average molecular weight is 348 g/mol. The standard InChI is InChI=1S/C13H12BrClS2/c1-8-10(7-12(14)17-8)13(15)9-5-3-4-6-11(9)16-2/h3-7,13H,1-2H3. The van der Waals surface area contributed by atoms with E-state index in [0.717, 1.165) is 3.79 Å². The SMILES string of the molecule is CSc1ccccc1C(Cl)c1cc(Br)sc1C. The number of thiophene rings is 1. The summed E-state index contributed by atoms with van der Waals surface area (Å²) in [6.45, 7) is 2.11. The largest absolute Gasteiger partial charge is 0.133 e. The first-order valence-electron chi connectivity index (χ1n) is 5.16. The molecule has 1 heterocycles. The first-order valence-corrected chi connectivity index (χ1v) is 8.43. The molecule has 1 unspecified atom stereocenters. The number of alkyl halides is 1. The molecule has 0 radical (unpaired) electrons. The number of thioether (sulfide) groups is 1. The van der Waals surface area contributed by atoms with Gasteiger partial charge in [0, 0.05) is 9.77 Å². The monoisotopic (exact) mass is 346 g/mol. The lowest BCUT2D eigenvalue weighted by Crippen LogP contribution is -1.95. The quantitative estimate of drug-likeness (QED) is 0.494. The van der Waals surface area contributed by atoms with Gasteiger partial charge in [-0.05, 0) is 52.4 Å². The Morgan fingerprint density at radius 1 is 1.29 bits per heavy atom. The Labute approximate surface area is 124 Å². The van der Waals surface area contributed by atoms with Crippen LogP contribution in [0.4, 0.5) is 0 Å². The maximum atomic E-state index is 6.61. The number of aryl methyl sites for hydroxylation is 1. The fourth-order valence-electron chi connectivity index (χ4n) is 1.75. The Bertz CT molecular complexity index is 522. The third kappa shape index (κ3) is 2.90. The number of halogens is 2. The second-order valence-electron chi connectivity index (χ2n) is 3.67. The van der Waals surface area contributed by atoms with Gasteiger partial charge in [0.1, 0.15) is 0 Å². The highest BCUT2D eigenvalue weighted by molar-refractivity contribution is 9.11. The maximum Gasteiger partial charge on any atom is 0.0857 e. The first kappa shape index (κ1) is 13.5. The van der Waals surface area contributed by atoms with E-state index in [-0.39, 0.29) is 5.38 Å². The van der Waals surface area contributed by atoms with Gasteiger partial charge in [-0.1, -0.05) is 18.2 Å². The Morgan fingerprint density at radius 3 is 2.59 bits per heavy atom. The molecular formula is C13H12BrClS2. The molecule has 1 aromatic heterocycles. The van der Waals surface area contributed by atoms with Crippen LogP contribution in [0.2, 0.25) is 0 Å². The van der Waals surface area contributed by atoms with Crippen LogP contribution in [0.5, 0.6) is 0 Å².